The molecule has 0 amide bonds. The number of piperidine rings is 1. The molecule has 0 saturated carbocycles. The van der Waals surface area contributed by atoms with Crippen molar-refractivity contribution in [3.8, 4) is 0 Å². The molecule has 3 fully saturated rings. The first-order valence-corrected chi connectivity index (χ1v) is 9.11. The Kier molecular flexibility index (Phi) is 3.46. The van der Waals surface area contributed by atoms with Crippen molar-refractivity contribution in [3.05, 3.63) is 20.8 Å². The fraction of sp³-hybridized carbons (Fsp3) is 0.733. The van der Waals surface area contributed by atoms with E-state index in [1.807, 2.05) is 11.3 Å². The van der Waals surface area contributed by atoms with E-state index in [4.69, 9.17) is 0 Å². The van der Waals surface area contributed by atoms with Crippen LogP contribution in [0.2, 0.25) is 0 Å². The van der Waals surface area contributed by atoms with Gasteiger partial charge in [0.15, 0.2) is 0 Å². The van der Waals surface area contributed by atoms with Gasteiger partial charge in [-0.05, 0) is 59.3 Å². The molecule has 0 spiro atoms. The second-order valence-electron chi connectivity index (χ2n) is 6.38. The van der Waals surface area contributed by atoms with E-state index in [1.54, 1.807) is 0 Å². The lowest BCUT2D eigenvalue weighted by molar-refractivity contribution is 0.152. The third-order valence-corrected chi connectivity index (χ3v) is 6.81. The van der Waals surface area contributed by atoms with E-state index in [2.05, 4.69) is 37.9 Å². The smallest absolute Gasteiger partial charge is 0.0701 e. The molecule has 1 aromatic heterocycles. The number of fused-ring (bicyclic) bond motifs is 3. The largest absolute Gasteiger partial charge is 0.300 e. The van der Waals surface area contributed by atoms with Gasteiger partial charge in [0.2, 0.25) is 0 Å². The van der Waals surface area contributed by atoms with Crippen molar-refractivity contribution in [2.45, 2.75) is 31.8 Å². The number of hydrogen-bond acceptors (Lipinski definition) is 3. The Morgan fingerprint density at radius 1 is 1.21 bits per heavy atom. The summed E-state index contributed by atoms with van der Waals surface area (Å²) >= 11 is 5.46. The predicted octanol–water partition coefficient (Wildman–Crippen LogP) is 3.43. The summed E-state index contributed by atoms with van der Waals surface area (Å²) in [6.07, 6.45) is 4.35. The topological polar surface area (TPSA) is 6.48 Å². The fourth-order valence-corrected chi connectivity index (χ4v) is 5.96. The summed E-state index contributed by atoms with van der Waals surface area (Å²) in [7, 11) is 0. The van der Waals surface area contributed by atoms with Crippen LogP contribution in [-0.4, -0.2) is 42.0 Å². The SMILES string of the molecule is Brc1ccc(CN2C[C@@H]3CN4CCCC[C@H]4[C@H]3C2)s1. The van der Waals surface area contributed by atoms with Crippen molar-refractivity contribution in [1.82, 2.24) is 9.80 Å². The van der Waals surface area contributed by atoms with Crippen LogP contribution in [0.1, 0.15) is 24.1 Å². The van der Waals surface area contributed by atoms with Crippen molar-refractivity contribution >= 4 is 27.3 Å². The zero-order valence-corrected chi connectivity index (χ0v) is 13.6. The molecule has 0 N–H and O–H groups in total. The van der Waals surface area contributed by atoms with Crippen LogP contribution in [0.4, 0.5) is 0 Å². The van der Waals surface area contributed by atoms with Gasteiger partial charge in [-0.25, -0.2) is 0 Å². The summed E-state index contributed by atoms with van der Waals surface area (Å²) < 4.78 is 1.26. The molecular formula is C15H21BrN2S. The Morgan fingerprint density at radius 2 is 2.16 bits per heavy atom. The van der Waals surface area contributed by atoms with Crippen LogP contribution < -0.4 is 0 Å². The number of hydrogen-bond donors (Lipinski definition) is 0. The monoisotopic (exact) mass is 340 g/mol. The van der Waals surface area contributed by atoms with Gasteiger partial charge in [-0.1, -0.05) is 6.42 Å². The Balaban J connectivity index is 1.41. The molecule has 3 atom stereocenters. The number of thiophene rings is 1. The van der Waals surface area contributed by atoms with E-state index in [0.717, 1.165) is 24.4 Å². The first-order chi connectivity index (χ1) is 9.29. The van der Waals surface area contributed by atoms with E-state index < -0.39 is 0 Å². The maximum Gasteiger partial charge on any atom is 0.0701 e. The molecule has 1 aromatic rings. The molecule has 3 saturated heterocycles. The van der Waals surface area contributed by atoms with Crippen LogP contribution in [0.3, 0.4) is 0 Å². The molecule has 0 aliphatic carbocycles. The van der Waals surface area contributed by atoms with Gasteiger partial charge in [0, 0.05) is 37.1 Å². The summed E-state index contributed by atoms with van der Waals surface area (Å²) in [6.45, 7) is 6.57. The van der Waals surface area contributed by atoms with Gasteiger partial charge < -0.3 is 0 Å². The second kappa shape index (κ2) is 5.14. The van der Waals surface area contributed by atoms with E-state index in [9.17, 15) is 0 Å². The van der Waals surface area contributed by atoms with Gasteiger partial charge in [-0.3, -0.25) is 9.80 Å². The fourth-order valence-electron chi connectivity index (χ4n) is 4.43. The van der Waals surface area contributed by atoms with E-state index >= 15 is 0 Å². The lowest BCUT2D eigenvalue weighted by Gasteiger charge is -2.33. The molecule has 2 nitrogen and oxygen atoms in total. The maximum absolute atomic E-state index is 3.57. The van der Waals surface area contributed by atoms with Gasteiger partial charge in [-0.2, -0.15) is 0 Å². The molecule has 3 aliphatic rings. The average Bonchev–Trinajstić information content (AvgIpc) is 3.04. The van der Waals surface area contributed by atoms with Crippen molar-refractivity contribution in [1.29, 1.82) is 0 Å². The molecule has 0 aromatic carbocycles. The number of halogens is 1. The highest BCUT2D eigenvalue weighted by Gasteiger charge is 2.46. The Morgan fingerprint density at radius 3 is 3.00 bits per heavy atom. The van der Waals surface area contributed by atoms with Gasteiger partial charge in [-0.15, -0.1) is 11.3 Å². The molecule has 19 heavy (non-hydrogen) atoms. The number of rotatable bonds is 2. The minimum absolute atomic E-state index is 0.916. The summed E-state index contributed by atoms with van der Waals surface area (Å²) in [5, 5.41) is 0. The first-order valence-electron chi connectivity index (χ1n) is 7.50. The summed E-state index contributed by atoms with van der Waals surface area (Å²) in [5.41, 5.74) is 0. The summed E-state index contributed by atoms with van der Waals surface area (Å²) in [4.78, 5) is 6.99. The highest BCUT2D eigenvalue weighted by Crippen LogP contribution is 2.41. The number of nitrogens with zero attached hydrogens (tertiary/aromatic N) is 2. The van der Waals surface area contributed by atoms with Crippen LogP contribution in [-0.2, 0) is 6.54 Å². The van der Waals surface area contributed by atoms with E-state index in [0.29, 0.717) is 0 Å². The van der Waals surface area contributed by atoms with E-state index in [-0.39, 0.29) is 0 Å². The molecule has 104 valence electrons. The quantitative estimate of drug-likeness (QED) is 0.813. The van der Waals surface area contributed by atoms with Crippen molar-refractivity contribution in [3.63, 3.8) is 0 Å². The highest BCUT2D eigenvalue weighted by molar-refractivity contribution is 9.11. The van der Waals surface area contributed by atoms with Gasteiger partial charge >= 0.3 is 0 Å². The maximum atomic E-state index is 3.57. The molecule has 4 heteroatoms. The molecular weight excluding hydrogens is 320 g/mol. The third-order valence-electron chi connectivity index (χ3n) is 5.20. The van der Waals surface area contributed by atoms with Crippen LogP contribution in [0.25, 0.3) is 0 Å². The van der Waals surface area contributed by atoms with Crippen LogP contribution >= 0.6 is 27.3 Å². The standard InChI is InChI=1S/C15H21BrN2S/c16-15-5-4-12(19-15)9-17-7-11-8-18-6-2-1-3-14(18)13(11)10-17/h4-5,11,13-14H,1-3,6-10H2/t11-,13+,14+/m1/s1. The molecule has 0 bridgehead atoms. The molecule has 4 heterocycles. The Labute approximate surface area is 127 Å². The van der Waals surface area contributed by atoms with Gasteiger partial charge in [0.25, 0.3) is 0 Å². The van der Waals surface area contributed by atoms with Gasteiger partial charge in [0.05, 0.1) is 3.79 Å². The van der Waals surface area contributed by atoms with E-state index in [1.165, 1.54) is 54.1 Å². The average molecular weight is 341 g/mol. The van der Waals surface area contributed by atoms with Crippen LogP contribution in [0, 0.1) is 11.8 Å². The van der Waals surface area contributed by atoms with Crippen molar-refractivity contribution < 1.29 is 0 Å². The Hall–Kier alpha value is 0.1000. The second-order valence-corrected chi connectivity index (χ2v) is 8.93. The molecule has 3 aliphatic heterocycles. The predicted molar refractivity (Wildman–Crippen MR) is 83.5 cm³/mol. The van der Waals surface area contributed by atoms with Gasteiger partial charge in [0.1, 0.15) is 0 Å². The molecule has 0 radical (unpaired) electrons. The lowest BCUT2D eigenvalue weighted by Crippen LogP contribution is -2.39. The number of likely N-dealkylation sites (tertiary alicyclic amines) is 1. The minimum atomic E-state index is 0.916. The normalized spacial score (nSPS) is 35.5. The third kappa shape index (κ3) is 2.41. The Bertz CT molecular complexity index is 461. The zero-order chi connectivity index (χ0) is 12.8. The summed E-state index contributed by atoms with van der Waals surface area (Å²) in [6, 6.07) is 5.37. The van der Waals surface area contributed by atoms with Crippen LogP contribution in [0.15, 0.2) is 15.9 Å². The lowest BCUT2D eigenvalue weighted by atomic mass is 9.90. The highest BCUT2D eigenvalue weighted by atomic mass is 79.9. The van der Waals surface area contributed by atoms with Crippen molar-refractivity contribution in [2.24, 2.45) is 11.8 Å². The zero-order valence-electron chi connectivity index (χ0n) is 11.2. The molecule has 0 unspecified atom stereocenters. The van der Waals surface area contributed by atoms with Crippen molar-refractivity contribution in [2.75, 3.05) is 26.2 Å². The first kappa shape index (κ1) is 12.8. The summed E-state index contributed by atoms with van der Waals surface area (Å²) in [5.74, 6) is 1.91. The minimum Gasteiger partial charge on any atom is -0.300 e. The molecule has 4 rings (SSSR count). The van der Waals surface area contributed by atoms with Crippen LogP contribution in [0.5, 0.6) is 0 Å².